The van der Waals surface area contributed by atoms with E-state index in [1.807, 2.05) is 23.1 Å². The van der Waals surface area contributed by atoms with Crippen LogP contribution in [0.3, 0.4) is 0 Å². The molecular weight excluding hydrogens is 296 g/mol. The van der Waals surface area contributed by atoms with Gasteiger partial charge in [-0.1, -0.05) is 6.07 Å². The van der Waals surface area contributed by atoms with E-state index in [0.29, 0.717) is 38.3 Å². The van der Waals surface area contributed by atoms with E-state index in [9.17, 15) is 9.59 Å². The molecule has 0 unspecified atom stereocenters. The van der Waals surface area contributed by atoms with Crippen LogP contribution in [0, 0.1) is 0 Å². The number of rotatable bonds is 6. The number of hydrogen-bond acceptors (Lipinski definition) is 4. The minimum atomic E-state index is -0.0190. The van der Waals surface area contributed by atoms with Gasteiger partial charge in [0, 0.05) is 26.1 Å². The number of benzene rings is 1. The van der Waals surface area contributed by atoms with Crippen molar-refractivity contribution in [2.24, 2.45) is 0 Å². The van der Waals surface area contributed by atoms with Crippen molar-refractivity contribution in [3.05, 3.63) is 23.8 Å². The number of carbonyl (C=O) groups is 2. The molecule has 1 saturated heterocycles. The van der Waals surface area contributed by atoms with Gasteiger partial charge in [-0.2, -0.15) is 0 Å². The van der Waals surface area contributed by atoms with E-state index in [-0.39, 0.29) is 11.8 Å². The Morgan fingerprint density at radius 3 is 2.83 bits per heavy atom. The molecule has 0 radical (unpaired) electrons. The minimum absolute atomic E-state index is 0.0190. The van der Waals surface area contributed by atoms with Gasteiger partial charge in [0.15, 0.2) is 11.5 Å². The van der Waals surface area contributed by atoms with Gasteiger partial charge < -0.3 is 19.7 Å². The minimum Gasteiger partial charge on any atom is -0.486 e. The maximum Gasteiger partial charge on any atom is 0.224 e. The molecule has 3 rings (SSSR count). The lowest BCUT2D eigenvalue weighted by molar-refractivity contribution is -0.127. The second-order valence-corrected chi connectivity index (χ2v) is 5.84. The van der Waals surface area contributed by atoms with Gasteiger partial charge in [-0.25, -0.2) is 0 Å². The van der Waals surface area contributed by atoms with Gasteiger partial charge in [-0.3, -0.25) is 9.59 Å². The molecule has 2 amide bonds. The van der Waals surface area contributed by atoms with Gasteiger partial charge in [0.25, 0.3) is 0 Å². The summed E-state index contributed by atoms with van der Waals surface area (Å²) in [4.78, 5) is 25.3. The van der Waals surface area contributed by atoms with E-state index < -0.39 is 0 Å². The van der Waals surface area contributed by atoms with Crippen LogP contribution < -0.4 is 14.8 Å². The lowest BCUT2D eigenvalue weighted by Gasteiger charge is -2.18. The van der Waals surface area contributed by atoms with Gasteiger partial charge in [0.05, 0.1) is 6.42 Å². The first kappa shape index (κ1) is 15.6. The zero-order valence-electron chi connectivity index (χ0n) is 13.2. The van der Waals surface area contributed by atoms with Crippen LogP contribution >= 0.6 is 0 Å². The molecule has 0 aromatic heterocycles. The van der Waals surface area contributed by atoms with Crippen LogP contribution in [0.5, 0.6) is 11.5 Å². The Balaban J connectivity index is 1.40. The Kier molecular flexibility index (Phi) is 5.00. The van der Waals surface area contributed by atoms with Gasteiger partial charge in [-0.15, -0.1) is 0 Å². The van der Waals surface area contributed by atoms with Crippen LogP contribution in [-0.4, -0.2) is 49.6 Å². The molecule has 2 aliphatic heterocycles. The number of carbonyl (C=O) groups excluding carboxylic acids is 2. The lowest BCUT2D eigenvalue weighted by atomic mass is 10.1. The number of nitrogens with zero attached hydrogens (tertiary/aromatic N) is 1. The fraction of sp³-hybridized carbons (Fsp3) is 0.529. The van der Waals surface area contributed by atoms with Crippen LogP contribution in [-0.2, 0) is 16.0 Å². The summed E-state index contributed by atoms with van der Waals surface area (Å²) < 4.78 is 11.0. The van der Waals surface area contributed by atoms with Gasteiger partial charge in [0.2, 0.25) is 11.8 Å². The van der Waals surface area contributed by atoms with Gasteiger partial charge in [0.1, 0.15) is 13.2 Å². The van der Waals surface area contributed by atoms with Crippen LogP contribution in [0.1, 0.15) is 24.8 Å². The molecule has 1 N–H and O–H groups in total. The van der Waals surface area contributed by atoms with Gasteiger partial charge in [-0.05, 0) is 30.5 Å². The van der Waals surface area contributed by atoms with Gasteiger partial charge >= 0.3 is 0 Å². The molecule has 6 heteroatoms. The molecule has 0 bridgehead atoms. The molecule has 2 heterocycles. The summed E-state index contributed by atoms with van der Waals surface area (Å²) in [6.07, 6.45) is 2.73. The summed E-state index contributed by atoms with van der Waals surface area (Å²) in [6, 6.07) is 5.59. The van der Waals surface area contributed by atoms with Crippen molar-refractivity contribution in [2.45, 2.75) is 25.7 Å². The topological polar surface area (TPSA) is 67.9 Å². The lowest BCUT2D eigenvalue weighted by Crippen LogP contribution is -2.31. The maximum atomic E-state index is 12.0. The summed E-state index contributed by atoms with van der Waals surface area (Å²) in [5.41, 5.74) is 0.904. The number of hydrogen-bond donors (Lipinski definition) is 1. The third-order valence-electron chi connectivity index (χ3n) is 4.07. The first-order valence-corrected chi connectivity index (χ1v) is 8.15. The van der Waals surface area contributed by atoms with E-state index in [1.165, 1.54) is 0 Å². The number of likely N-dealkylation sites (tertiary alicyclic amines) is 1. The highest BCUT2D eigenvalue weighted by atomic mass is 16.6. The Morgan fingerprint density at radius 2 is 2.04 bits per heavy atom. The molecule has 2 aliphatic rings. The van der Waals surface area contributed by atoms with E-state index >= 15 is 0 Å². The Bertz CT molecular complexity index is 588. The van der Waals surface area contributed by atoms with Crippen LogP contribution in [0.4, 0.5) is 0 Å². The molecule has 23 heavy (non-hydrogen) atoms. The van der Waals surface area contributed by atoms with Crippen LogP contribution in [0.2, 0.25) is 0 Å². The van der Waals surface area contributed by atoms with Crippen molar-refractivity contribution in [1.29, 1.82) is 0 Å². The molecule has 6 nitrogen and oxygen atoms in total. The van der Waals surface area contributed by atoms with Crippen molar-refractivity contribution < 1.29 is 19.1 Å². The molecule has 1 aromatic carbocycles. The SMILES string of the molecule is O=C(Cc1ccc2c(c1)OCCO2)NCCCN1CCCC1=O. The number of ether oxygens (including phenoxy) is 2. The molecule has 0 spiro atoms. The summed E-state index contributed by atoms with van der Waals surface area (Å²) in [6.45, 7) is 3.27. The average molecular weight is 318 g/mol. The van der Waals surface area contributed by atoms with Crippen molar-refractivity contribution in [3.63, 3.8) is 0 Å². The normalized spacial score (nSPS) is 16.5. The average Bonchev–Trinajstić information content (AvgIpc) is 2.97. The number of amides is 2. The maximum absolute atomic E-state index is 12.0. The summed E-state index contributed by atoms with van der Waals surface area (Å²) >= 11 is 0. The molecule has 1 fully saturated rings. The van der Waals surface area contributed by atoms with Crippen LogP contribution in [0.15, 0.2) is 18.2 Å². The van der Waals surface area contributed by atoms with Crippen molar-refractivity contribution >= 4 is 11.8 Å². The second kappa shape index (κ2) is 7.35. The van der Waals surface area contributed by atoms with E-state index in [2.05, 4.69) is 5.32 Å². The zero-order valence-corrected chi connectivity index (χ0v) is 13.2. The van der Waals surface area contributed by atoms with E-state index in [4.69, 9.17) is 9.47 Å². The quantitative estimate of drug-likeness (QED) is 0.799. The third-order valence-corrected chi connectivity index (χ3v) is 4.07. The Morgan fingerprint density at radius 1 is 1.22 bits per heavy atom. The zero-order chi connectivity index (χ0) is 16.1. The summed E-state index contributed by atoms with van der Waals surface area (Å²) in [5, 5.41) is 2.90. The molecule has 1 aromatic rings. The number of fused-ring (bicyclic) bond motifs is 1. The Labute approximate surface area is 135 Å². The van der Waals surface area contributed by atoms with E-state index in [0.717, 1.165) is 37.2 Å². The molecule has 0 atom stereocenters. The predicted molar refractivity (Wildman–Crippen MR) is 84.6 cm³/mol. The highest BCUT2D eigenvalue weighted by Crippen LogP contribution is 2.30. The predicted octanol–water partition coefficient (Wildman–Crippen LogP) is 1.13. The fourth-order valence-electron chi connectivity index (χ4n) is 2.88. The van der Waals surface area contributed by atoms with Crippen LogP contribution in [0.25, 0.3) is 0 Å². The Hall–Kier alpha value is -2.24. The highest BCUT2D eigenvalue weighted by Gasteiger charge is 2.19. The summed E-state index contributed by atoms with van der Waals surface area (Å²) in [5.74, 6) is 1.65. The number of nitrogens with one attached hydrogen (secondary N) is 1. The molecule has 0 saturated carbocycles. The molecule has 124 valence electrons. The molecule has 0 aliphatic carbocycles. The monoisotopic (exact) mass is 318 g/mol. The van der Waals surface area contributed by atoms with Crippen molar-refractivity contribution in [1.82, 2.24) is 10.2 Å². The van der Waals surface area contributed by atoms with E-state index in [1.54, 1.807) is 0 Å². The summed E-state index contributed by atoms with van der Waals surface area (Å²) in [7, 11) is 0. The van der Waals surface area contributed by atoms with Crippen molar-refractivity contribution in [2.75, 3.05) is 32.8 Å². The fourth-order valence-corrected chi connectivity index (χ4v) is 2.88. The second-order valence-electron chi connectivity index (χ2n) is 5.84. The largest absolute Gasteiger partial charge is 0.486 e. The highest BCUT2D eigenvalue weighted by molar-refractivity contribution is 5.79. The smallest absolute Gasteiger partial charge is 0.224 e. The molecular formula is C17H22N2O4. The first-order valence-electron chi connectivity index (χ1n) is 8.15. The third kappa shape index (κ3) is 4.15. The standard InChI is InChI=1S/C17H22N2O4/c20-16(18-6-2-8-19-7-1-3-17(19)21)12-13-4-5-14-15(11-13)23-10-9-22-14/h4-5,11H,1-3,6-10,12H2,(H,18,20). The van der Waals surface area contributed by atoms with Crippen molar-refractivity contribution in [3.8, 4) is 11.5 Å². The first-order chi connectivity index (χ1) is 11.2.